The van der Waals surface area contributed by atoms with Crippen LogP contribution in [0.2, 0.25) is 0 Å². The van der Waals surface area contributed by atoms with Crippen molar-refractivity contribution in [2.24, 2.45) is 0 Å². The molecule has 1 aliphatic heterocycles. The Kier molecular flexibility index (Phi) is 6.26. The van der Waals surface area contributed by atoms with Crippen LogP contribution in [0.4, 0.5) is 11.4 Å². The van der Waals surface area contributed by atoms with Crippen LogP contribution in [0.15, 0.2) is 42.5 Å². The van der Waals surface area contributed by atoms with Gasteiger partial charge in [-0.3, -0.25) is 9.59 Å². The summed E-state index contributed by atoms with van der Waals surface area (Å²) >= 11 is 0. The smallest absolute Gasteiger partial charge is 0.267 e. The third-order valence-electron chi connectivity index (χ3n) is 5.27. The number of hydrogen-bond donors (Lipinski definition) is 1. The number of ether oxygens (including phenoxy) is 1. The molecule has 0 radical (unpaired) electrons. The van der Waals surface area contributed by atoms with Gasteiger partial charge in [0, 0.05) is 18.7 Å². The molecule has 2 amide bonds. The molecule has 1 N–H and O–H groups in total. The second-order valence-corrected chi connectivity index (χ2v) is 8.14. The Hall–Kier alpha value is -2.82. The van der Waals surface area contributed by atoms with E-state index in [4.69, 9.17) is 4.74 Å². The van der Waals surface area contributed by atoms with Crippen LogP contribution in [0.1, 0.15) is 64.0 Å². The molecule has 2 aromatic rings. The highest BCUT2D eigenvalue weighted by Crippen LogP contribution is 2.34. The van der Waals surface area contributed by atoms with Crippen LogP contribution in [-0.4, -0.2) is 24.5 Å². The summed E-state index contributed by atoms with van der Waals surface area (Å²) in [4.78, 5) is 27.1. The minimum atomic E-state index is -0.554. The molecule has 29 heavy (non-hydrogen) atoms. The summed E-state index contributed by atoms with van der Waals surface area (Å²) in [6, 6.07) is 13.6. The van der Waals surface area contributed by atoms with Crippen LogP contribution < -0.4 is 15.0 Å². The van der Waals surface area contributed by atoms with Crippen molar-refractivity contribution in [2.45, 2.75) is 59.0 Å². The van der Waals surface area contributed by atoms with Crippen molar-refractivity contribution in [3.8, 4) is 5.75 Å². The first-order chi connectivity index (χ1) is 13.8. The van der Waals surface area contributed by atoms with Crippen molar-refractivity contribution >= 4 is 23.2 Å². The zero-order valence-corrected chi connectivity index (χ0v) is 17.9. The highest BCUT2D eigenvalue weighted by Gasteiger charge is 2.31. The Morgan fingerprint density at radius 1 is 1.03 bits per heavy atom. The van der Waals surface area contributed by atoms with Gasteiger partial charge in [0.1, 0.15) is 5.75 Å². The number of fused-ring (bicyclic) bond motifs is 1. The van der Waals surface area contributed by atoms with Gasteiger partial charge in [0.05, 0.1) is 5.69 Å². The lowest BCUT2D eigenvalue weighted by Gasteiger charge is -2.32. The summed E-state index contributed by atoms with van der Waals surface area (Å²) in [5, 5.41) is 3.12. The first-order valence-electron chi connectivity index (χ1n) is 10.3. The van der Waals surface area contributed by atoms with Crippen LogP contribution in [0.5, 0.6) is 5.75 Å². The molecule has 2 aromatic carbocycles. The molecule has 5 nitrogen and oxygen atoms in total. The maximum atomic E-state index is 12.8. The van der Waals surface area contributed by atoms with Crippen molar-refractivity contribution in [3.63, 3.8) is 0 Å². The van der Waals surface area contributed by atoms with E-state index in [0.29, 0.717) is 29.8 Å². The number of amides is 2. The topological polar surface area (TPSA) is 58.6 Å². The Morgan fingerprint density at radius 3 is 2.28 bits per heavy atom. The molecule has 0 saturated carbocycles. The summed E-state index contributed by atoms with van der Waals surface area (Å²) in [5.74, 6) is 1.06. The molecule has 0 aromatic heterocycles. The quantitative estimate of drug-likeness (QED) is 0.744. The van der Waals surface area contributed by atoms with Gasteiger partial charge in [-0.05, 0) is 42.0 Å². The third-order valence-corrected chi connectivity index (χ3v) is 5.27. The molecule has 0 saturated heterocycles. The van der Waals surface area contributed by atoms with Crippen molar-refractivity contribution < 1.29 is 14.3 Å². The first-order valence-corrected chi connectivity index (χ1v) is 10.3. The Bertz CT molecular complexity index is 878. The molecular formula is C24H30N2O3. The molecule has 0 fully saturated rings. The number of benzene rings is 2. The van der Waals surface area contributed by atoms with Gasteiger partial charge in [0.15, 0.2) is 6.10 Å². The van der Waals surface area contributed by atoms with Gasteiger partial charge in [-0.1, -0.05) is 58.0 Å². The van der Waals surface area contributed by atoms with Crippen LogP contribution in [-0.2, 0) is 9.59 Å². The monoisotopic (exact) mass is 394 g/mol. The van der Waals surface area contributed by atoms with E-state index >= 15 is 0 Å². The van der Waals surface area contributed by atoms with E-state index < -0.39 is 6.10 Å². The number of anilines is 2. The van der Waals surface area contributed by atoms with Gasteiger partial charge in [-0.15, -0.1) is 0 Å². The van der Waals surface area contributed by atoms with Crippen LogP contribution in [0, 0.1) is 0 Å². The number of nitrogens with one attached hydrogen (secondary N) is 1. The van der Waals surface area contributed by atoms with E-state index in [1.807, 2.05) is 30.3 Å². The van der Waals surface area contributed by atoms with E-state index in [9.17, 15) is 9.59 Å². The average Bonchev–Trinajstić information content (AvgIpc) is 2.68. The molecule has 1 heterocycles. The first kappa shape index (κ1) is 20.9. The van der Waals surface area contributed by atoms with E-state index in [1.165, 1.54) is 0 Å². The Morgan fingerprint density at radius 2 is 1.66 bits per heavy atom. The Balaban J connectivity index is 1.77. The predicted molar refractivity (Wildman–Crippen MR) is 117 cm³/mol. The molecule has 0 bridgehead atoms. The van der Waals surface area contributed by atoms with Crippen molar-refractivity contribution in [1.29, 1.82) is 0 Å². The van der Waals surface area contributed by atoms with Gasteiger partial charge < -0.3 is 15.0 Å². The SMILES string of the molecule is CC1Oc2ccccc2N(CCC(=O)Nc2c(C(C)C)cccc2C(C)C)C1=O. The number of para-hydroxylation sites is 3. The number of carbonyl (C=O) groups is 2. The normalized spacial score (nSPS) is 16.0. The highest BCUT2D eigenvalue weighted by molar-refractivity contribution is 6.01. The maximum Gasteiger partial charge on any atom is 0.267 e. The highest BCUT2D eigenvalue weighted by atomic mass is 16.5. The third kappa shape index (κ3) is 4.44. The fourth-order valence-corrected chi connectivity index (χ4v) is 3.70. The molecule has 0 spiro atoms. The summed E-state index contributed by atoms with van der Waals surface area (Å²) in [7, 11) is 0. The van der Waals surface area contributed by atoms with Gasteiger partial charge >= 0.3 is 0 Å². The largest absolute Gasteiger partial charge is 0.479 e. The van der Waals surface area contributed by atoms with Gasteiger partial charge in [0.25, 0.3) is 5.91 Å². The van der Waals surface area contributed by atoms with Gasteiger partial charge in [0.2, 0.25) is 5.91 Å². The van der Waals surface area contributed by atoms with Crippen molar-refractivity contribution in [3.05, 3.63) is 53.6 Å². The van der Waals surface area contributed by atoms with Crippen LogP contribution in [0.3, 0.4) is 0 Å². The van der Waals surface area contributed by atoms with E-state index in [0.717, 1.165) is 16.8 Å². The zero-order valence-electron chi connectivity index (χ0n) is 17.9. The van der Waals surface area contributed by atoms with Crippen molar-refractivity contribution in [2.75, 3.05) is 16.8 Å². The van der Waals surface area contributed by atoms with Crippen LogP contribution >= 0.6 is 0 Å². The fraction of sp³-hybridized carbons (Fsp3) is 0.417. The minimum Gasteiger partial charge on any atom is -0.479 e. The molecule has 0 aliphatic carbocycles. The number of hydrogen-bond acceptors (Lipinski definition) is 3. The second kappa shape index (κ2) is 8.68. The van der Waals surface area contributed by atoms with E-state index in [2.05, 4.69) is 45.1 Å². The number of rotatable bonds is 6. The Labute approximate surface area is 173 Å². The summed E-state index contributed by atoms with van der Waals surface area (Å²) in [6.45, 7) is 10.6. The summed E-state index contributed by atoms with van der Waals surface area (Å²) in [5.41, 5.74) is 3.88. The lowest BCUT2D eigenvalue weighted by atomic mass is 9.92. The second-order valence-electron chi connectivity index (χ2n) is 8.14. The molecule has 3 rings (SSSR count). The standard InChI is InChI=1S/C24H30N2O3/c1-15(2)18-9-8-10-19(16(3)4)23(18)25-22(27)13-14-26-20-11-6-7-12-21(20)29-17(5)24(26)28/h6-12,15-17H,13-14H2,1-5H3,(H,25,27). The predicted octanol–water partition coefficient (Wildman–Crippen LogP) is 5.08. The van der Waals surface area contributed by atoms with Crippen LogP contribution in [0.25, 0.3) is 0 Å². The number of carbonyl (C=O) groups excluding carboxylic acids is 2. The summed E-state index contributed by atoms with van der Waals surface area (Å²) in [6.07, 6.45) is -0.335. The fourth-order valence-electron chi connectivity index (χ4n) is 3.70. The molecule has 1 atom stereocenters. The lowest BCUT2D eigenvalue weighted by molar-refractivity contribution is -0.125. The average molecular weight is 395 g/mol. The van der Waals surface area contributed by atoms with Gasteiger partial charge in [-0.2, -0.15) is 0 Å². The van der Waals surface area contributed by atoms with Gasteiger partial charge in [-0.25, -0.2) is 0 Å². The maximum absolute atomic E-state index is 12.8. The molecule has 1 unspecified atom stereocenters. The molecule has 5 heteroatoms. The van der Waals surface area contributed by atoms with E-state index in [1.54, 1.807) is 11.8 Å². The molecule has 154 valence electrons. The minimum absolute atomic E-state index is 0.0931. The zero-order chi connectivity index (χ0) is 21.1. The summed E-state index contributed by atoms with van der Waals surface area (Å²) < 4.78 is 5.67. The lowest BCUT2D eigenvalue weighted by Crippen LogP contribution is -2.45. The van der Waals surface area contributed by atoms with Crippen molar-refractivity contribution in [1.82, 2.24) is 0 Å². The molecule has 1 aliphatic rings. The van der Waals surface area contributed by atoms with E-state index in [-0.39, 0.29) is 18.2 Å². The molecular weight excluding hydrogens is 364 g/mol. The number of nitrogens with zero attached hydrogens (tertiary/aromatic N) is 1.